The summed E-state index contributed by atoms with van der Waals surface area (Å²) in [6.07, 6.45) is 3.45. The molecule has 2 saturated heterocycles. The van der Waals surface area contributed by atoms with Gasteiger partial charge in [0.25, 0.3) is 5.91 Å². The highest BCUT2D eigenvalue weighted by Crippen LogP contribution is 2.35. The predicted molar refractivity (Wildman–Crippen MR) is 108 cm³/mol. The minimum atomic E-state index is -0.547. The molecule has 1 atom stereocenters. The Bertz CT molecular complexity index is 915. The molecule has 0 aliphatic carbocycles. The number of halogens is 1. The number of carbonyl (C=O) groups is 1. The molecule has 0 spiro atoms. The largest absolute Gasteiger partial charge is 0.471 e. The van der Waals surface area contributed by atoms with Crippen LogP contribution in [0.4, 0.5) is 0 Å². The minimum absolute atomic E-state index is 0.0549. The molecular weight excluding hydrogens is 390 g/mol. The summed E-state index contributed by atoms with van der Waals surface area (Å²) in [4.78, 5) is 18.9. The number of benzene rings is 1. The topological polar surface area (TPSA) is 75.5 Å². The third-order valence-corrected chi connectivity index (χ3v) is 5.94. The molecule has 4 rings (SSSR count). The van der Waals surface area contributed by atoms with Crippen molar-refractivity contribution in [2.45, 2.75) is 30.8 Å². The van der Waals surface area contributed by atoms with Crippen LogP contribution in [-0.4, -0.2) is 48.2 Å². The maximum Gasteiger partial charge on any atom is 0.255 e. The van der Waals surface area contributed by atoms with Gasteiger partial charge in [0.1, 0.15) is 11.1 Å². The van der Waals surface area contributed by atoms with Crippen LogP contribution < -0.4 is 4.74 Å². The van der Waals surface area contributed by atoms with Crippen molar-refractivity contribution in [3.05, 3.63) is 58.7 Å². The second kappa shape index (κ2) is 8.40. The Morgan fingerprint density at radius 1 is 1.31 bits per heavy atom. The van der Waals surface area contributed by atoms with E-state index in [0.717, 1.165) is 12.0 Å². The van der Waals surface area contributed by atoms with Crippen molar-refractivity contribution in [1.82, 2.24) is 9.88 Å². The molecule has 1 amide bonds. The molecule has 6 nitrogen and oxygen atoms in total. The molecule has 1 aromatic heterocycles. The van der Waals surface area contributed by atoms with Gasteiger partial charge >= 0.3 is 0 Å². The fourth-order valence-electron chi connectivity index (χ4n) is 3.89. The summed E-state index contributed by atoms with van der Waals surface area (Å²) in [5, 5.41) is 10.1. The van der Waals surface area contributed by atoms with Crippen molar-refractivity contribution in [3.8, 4) is 11.9 Å². The van der Waals surface area contributed by atoms with Crippen LogP contribution in [0.3, 0.4) is 0 Å². The summed E-state index contributed by atoms with van der Waals surface area (Å²) >= 11 is 6.30. The van der Waals surface area contributed by atoms with Gasteiger partial charge in [-0.2, -0.15) is 5.26 Å². The summed E-state index contributed by atoms with van der Waals surface area (Å²) in [6, 6.07) is 13.9. The molecule has 2 fully saturated rings. The van der Waals surface area contributed by atoms with Gasteiger partial charge in [0, 0.05) is 25.7 Å². The van der Waals surface area contributed by atoms with E-state index in [-0.39, 0.29) is 12.0 Å². The van der Waals surface area contributed by atoms with Crippen molar-refractivity contribution in [2.75, 3.05) is 26.3 Å². The molecule has 2 aliphatic rings. The fraction of sp³-hybridized carbons (Fsp3) is 0.409. The number of likely N-dealkylation sites (tertiary alicyclic amines) is 1. The van der Waals surface area contributed by atoms with Gasteiger partial charge < -0.3 is 14.4 Å². The van der Waals surface area contributed by atoms with Crippen LogP contribution in [0.2, 0.25) is 5.02 Å². The standard InChI is InChI=1S/C22H22ClN3O3/c23-19-12-16(13-25-20(19)29-18-6-11-28-14-18)21(27)26-9-7-22(15-24,8-10-26)17-4-2-1-3-5-17/h1-5,12-13,18H,6-11,14H2/t18-/m0/s1. The lowest BCUT2D eigenvalue weighted by molar-refractivity contribution is 0.0691. The molecule has 29 heavy (non-hydrogen) atoms. The van der Waals surface area contributed by atoms with Gasteiger partial charge in [-0.3, -0.25) is 4.79 Å². The molecule has 0 saturated carbocycles. The molecule has 3 heterocycles. The van der Waals surface area contributed by atoms with E-state index < -0.39 is 5.41 Å². The molecule has 1 aromatic carbocycles. The maximum absolute atomic E-state index is 12.9. The Hall–Kier alpha value is -2.62. The van der Waals surface area contributed by atoms with Crippen LogP contribution in [0, 0.1) is 11.3 Å². The van der Waals surface area contributed by atoms with Crippen molar-refractivity contribution in [1.29, 1.82) is 5.26 Å². The van der Waals surface area contributed by atoms with E-state index in [1.807, 2.05) is 30.3 Å². The summed E-state index contributed by atoms with van der Waals surface area (Å²) in [6.45, 7) is 2.21. The van der Waals surface area contributed by atoms with Crippen molar-refractivity contribution >= 4 is 17.5 Å². The van der Waals surface area contributed by atoms with Crippen LogP contribution in [0.1, 0.15) is 35.2 Å². The number of pyridine rings is 1. The highest BCUT2D eigenvalue weighted by molar-refractivity contribution is 6.32. The Labute approximate surface area is 175 Å². The van der Waals surface area contributed by atoms with Gasteiger partial charge in [0.05, 0.1) is 30.3 Å². The van der Waals surface area contributed by atoms with E-state index in [1.54, 1.807) is 11.0 Å². The Kier molecular flexibility index (Phi) is 5.70. The van der Waals surface area contributed by atoms with Gasteiger partial charge in [0.15, 0.2) is 0 Å². The van der Waals surface area contributed by atoms with Gasteiger partial charge in [-0.1, -0.05) is 41.9 Å². The number of aromatic nitrogens is 1. The molecule has 2 aliphatic heterocycles. The maximum atomic E-state index is 12.9. The third-order valence-electron chi connectivity index (χ3n) is 5.67. The Balaban J connectivity index is 1.43. The van der Waals surface area contributed by atoms with Crippen LogP contribution in [0.25, 0.3) is 0 Å². The number of nitrogens with zero attached hydrogens (tertiary/aromatic N) is 3. The smallest absolute Gasteiger partial charge is 0.255 e. The van der Waals surface area contributed by atoms with E-state index in [2.05, 4.69) is 11.1 Å². The van der Waals surface area contributed by atoms with E-state index in [1.165, 1.54) is 6.20 Å². The highest BCUT2D eigenvalue weighted by atomic mass is 35.5. The summed E-state index contributed by atoms with van der Waals surface area (Å²) in [7, 11) is 0. The van der Waals surface area contributed by atoms with E-state index >= 15 is 0 Å². The SMILES string of the molecule is N#CC1(c2ccccc2)CCN(C(=O)c2cnc(O[C@H]3CCOC3)c(Cl)c2)CC1. The first-order valence-electron chi connectivity index (χ1n) is 9.77. The predicted octanol–water partition coefficient (Wildman–Crippen LogP) is 3.60. The summed E-state index contributed by atoms with van der Waals surface area (Å²) < 4.78 is 11.0. The van der Waals surface area contributed by atoms with E-state index in [0.29, 0.717) is 55.6 Å². The lowest BCUT2D eigenvalue weighted by atomic mass is 9.74. The third kappa shape index (κ3) is 4.07. The average Bonchev–Trinajstić information content (AvgIpc) is 3.28. The lowest BCUT2D eigenvalue weighted by Gasteiger charge is -2.37. The summed E-state index contributed by atoms with van der Waals surface area (Å²) in [5.74, 6) is 0.194. The van der Waals surface area contributed by atoms with Crippen LogP contribution in [0.15, 0.2) is 42.6 Å². The quantitative estimate of drug-likeness (QED) is 0.768. The first-order valence-corrected chi connectivity index (χ1v) is 10.2. The number of carbonyl (C=O) groups excluding carboxylic acids is 1. The number of piperidine rings is 1. The molecule has 2 aromatic rings. The number of amides is 1. The molecule has 7 heteroatoms. The van der Waals surface area contributed by atoms with Gasteiger partial charge in [-0.25, -0.2) is 4.98 Å². The lowest BCUT2D eigenvalue weighted by Crippen LogP contribution is -2.44. The van der Waals surface area contributed by atoms with Gasteiger partial charge in [-0.15, -0.1) is 0 Å². The summed E-state index contributed by atoms with van der Waals surface area (Å²) in [5.41, 5.74) is 0.889. The van der Waals surface area contributed by atoms with Gasteiger partial charge in [-0.05, 0) is 24.5 Å². The molecule has 0 bridgehead atoms. The highest BCUT2D eigenvalue weighted by Gasteiger charge is 2.38. The number of nitriles is 1. The number of ether oxygens (including phenoxy) is 2. The zero-order valence-electron chi connectivity index (χ0n) is 16.0. The van der Waals surface area contributed by atoms with E-state index in [4.69, 9.17) is 21.1 Å². The zero-order valence-corrected chi connectivity index (χ0v) is 16.8. The van der Waals surface area contributed by atoms with Crippen molar-refractivity contribution in [3.63, 3.8) is 0 Å². The number of hydrogen-bond donors (Lipinski definition) is 0. The first kappa shape index (κ1) is 19.7. The second-order valence-electron chi connectivity index (χ2n) is 7.47. The normalized spacial score (nSPS) is 20.8. The Morgan fingerprint density at radius 2 is 2.07 bits per heavy atom. The minimum Gasteiger partial charge on any atom is -0.471 e. The number of hydrogen-bond acceptors (Lipinski definition) is 5. The number of rotatable bonds is 4. The van der Waals surface area contributed by atoms with E-state index in [9.17, 15) is 10.1 Å². The average molecular weight is 412 g/mol. The van der Waals surface area contributed by atoms with Crippen LogP contribution in [0.5, 0.6) is 5.88 Å². The van der Waals surface area contributed by atoms with Crippen LogP contribution in [-0.2, 0) is 10.2 Å². The molecule has 0 radical (unpaired) electrons. The zero-order chi connectivity index (χ0) is 20.3. The second-order valence-corrected chi connectivity index (χ2v) is 7.87. The van der Waals surface area contributed by atoms with Crippen molar-refractivity contribution in [2.24, 2.45) is 0 Å². The van der Waals surface area contributed by atoms with Gasteiger partial charge in [0.2, 0.25) is 5.88 Å². The first-order chi connectivity index (χ1) is 14.1. The Morgan fingerprint density at radius 3 is 2.69 bits per heavy atom. The monoisotopic (exact) mass is 411 g/mol. The molecular formula is C22H22ClN3O3. The molecule has 0 N–H and O–H groups in total. The molecule has 150 valence electrons. The van der Waals surface area contributed by atoms with Crippen LogP contribution >= 0.6 is 11.6 Å². The molecule has 0 unspecified atom stereocenters. The fourth-order valence-corrected chi connectivity index (χ4v) is 4.10. The van der Waals surface area contributed by atoms with Crippen molar-refractivity contribution < 1.29 is 14.3 Å².